The molecule has 0 N–H and O–H groups in total. The molecular weight excluding hydrogens is 408 g/mol. The highest BCUT2D eigenvalue weighted by atomic mass is 16.6. The van der Waals surface area contributed by atoms with Crippen molar-refractivity contribution in [3.05, 3.63) is 65.2 Å². The molecule has 0 aliphatic carbocycles. The summed E-state index contributed by atoms with van der Waals surface area (Å²) < 4.78 is 16.4. The van der Waals surface area contributed by atoms with Gasteiger partial charge in [0.1, 0.15) is 13.2 Å². The maximum Gasteiger partial charge on any atom is 0.414 e. The lowest BCUT2D eigenvalue weighted by Crippen LogP contribution is -2.38. The van der Waals surface area contributed by atoms with Gasteiger partial charge in [0.05, 0.1) is 18.9 Å². The average Bonchev–Trinajstić information content (AvgIpc) is 3.10. The molecule has 0 aromatic heterocycles. The Labute approximate surface area is 188 Å². The highest BCUT2D eigenvalue weighted by Gasteiger charge is 2.43. The van der Waals surface area contributed by atoms with Crippen molar-refractivity contribution >= 4 is 17.7 Å². The minimum atomic E-state index is -0.506. The molecular formula is C25H30N2O5. The summed E-state index contributed by atoms with van der Waals surface area (Å²) in [4.78, 5) is 28.5. The van der Waals surface area contributed by atoms with Crippen LogP contribution in [0.5, 0.6) is 0 Å². The number of hydrogen-bond acceptors (Lipinski definition) is 6. The van der Waals surface area contributed by atoms with E-state index in [0.29, 0.717) is 6.54 Å². The van der Waals surface area contributed by atoms with E-state index < -0.39 is 11.5 Å². The zero-order chi connectivity index (χ0) is 22.6. The summed E-state index contributed by atoms with van der Waals surface area (Å²) in [6.45, 7) is 8.35. The van der Waals surface area contributed by atoms with E-state index in [-0.39, 0.29) is 19.2 Å². The lowest BCUT2D eigenvalue weighted by Gasteiger charge is -2.27. The number of esters is 1. The van der Waals surface area contributed by atoms with Crippen LogP contribution >= 0.6 is 0 Å². The van der Waals surface area contributed by atoms with E-state index in [2.05, 4.69) is 17.0 Å². The van der Waals surface area contributed by atoms with Gasteiger partial charge in [-0.2, -0.15) is 0 Å². The molecule has 2 aromatic carbocycles. The van der Waals surface area contributed by atoms with E-state index in [4.69, 9.17) is 14.2 Å². The maximum absolute atomic E-state index is 13.0. The van der Waals surface area contributed by atoms with Crippen LogP contribution in [0.25, 0.3) is 0 Å². The quantitative estimate of drug-likeness (QED) is 0.643. The summed E-state index contributed by atoms with van der Waals surface area (Å²) in [6, 6.07) is 15.8. The van der Waals surface area contributed by atoms with Gasteiger partial charge in [-0.3, -0.25) is 14.6 Å². The van der Waals surface area contributed by atoms with Gasteiger partial charge in [-0.25, -0.2) is 4.79 Å². The Kier molecular flexibility index (Phi) is 6.77. The van der Waals surface area contributed by atoms with Crippen molar-refractivity contribution in [3.8, 4) is 0 Å². The van der Waals surface area contributed by atoms with Crippen molar-refractivity contribution in [2.24, 2.45) is 0 Å². The number of anilines is 1. The van der Waals surface area contributed by atoms with Gasteiger partial charge in [-0.1, -0.05) is 49.4 Å². The summed E-state index contributed by atoms with van der Waals surface area (Å²) in [5, 5.41) is 0. The van der Waals surface area contributed by atoms with Crippen LogP contribution in [0, 0.1) is 0 Å². The minimum absolute atomic E-state index is 0.207. The highest BCUT2D eigenvalue weighted by Crippen LogP contribution is 2.42. The fraction of sp³-hybridized carbons (Fsp3) is 0.440. The maximum atomic E-state index is 13.0. The van der Waals surface area contributed by atoms with Gasteiger partial charge in [0.15, 0.2) is 0 Å². The van der Waals surface area contributed by atoms with E-state index in [1.807, 2.05) is 43.3 Å². The van der Waals surface area contributed by atoms with Crippen molar-refractivity contribution in [2.75, 3.05) is 44.4 Å². The number of carbonyl (C=O) groups is 2. The van der Waals surface area contributed by atoms with Gasteiger partial charge >= 0.3 is 12.1 Å². The first kappa shape index (κ1) is 22.3. The second-order valence-corrected chi connectivity index (χ2v) is 8.71. The third-order valence-corrected chi connectivity index (χ3v) is 6.04. The normalized spacial score (nSPS) is 20.6. The van der Waals surface area contributed by atoms with Crippen LogP contribution in [-0.4, -0.2) is 56.4 Å². The SMILES string of the molecule is CC(=O)OCC1(C)CN(C(=O)OCc2ccccc2)c2ccc(CN3CCOCC3)cc21. The number of morpholine rings is 1. The van der Waals surface area contributed by atoms with Crippen molar-refractivity contribution in [1.82, 2.24) is 4.90 Å². The molecule has 0 saturated carbocycles. The molecule has 32 heavy (non-hydrogen) atoms. The van der Waals surface area contributed by atoms with Crippen LogP contribution < -0.4 is 4.90 Å². The molecule has 7 nitrogen and oxygen atoms in total. The number of rotatable bonds is 6. The predicted molar refractivity (Wildman–Crippen MR) is 120 cm³/mol. The van der Waals surface area contributed by atoms with Crippen LogP contribution in [0.3, 0.4) is 0 Å². The molecule has 2 heterocycles. The number of amides is 1. The van der Waals surface area contributed by atoms with E-state index in [1.165, 1.54) is 12.5 Å². The lowest BCUT2D eigenvalue weighted by molar-refractivity contribution is -0.142. The summed E-state index contributed by atoms with van der Waals surface area (Å²) in [5.74, 6) is -0.331. The largest absolute Gasteiger partial charge is 0.465 e. The van der Waals surface area contributed by atoms with Crippen molar-refractivity contribution in [2.45, 2.75) is 32.4 Å². The molecule has 1 saturated heterocycles. The summed E-state index contributed by atoms with van der Waals surface area (Å²) in [5.41, 5.74) is 3.40. The standard InChI is InChI=1S/C25H30N2O5/c1-19(28)32-18-25(2)17-27(24(29)31-16-20-6-4-3-5-7-20)23-9-8-21(14-22(23)25)15-26-10-12-30-13-11-26/h3-9,14H,10-13,15-18H2,1-2H3. The van der Waals surface area contributed by atoms with Gasteiger partial charge in [-0.15, -0.1) is 0 Å². The first-order valence-corrected chi connectivity index (χ1v) is 11.0. The number of ether oxygens (including phenoxy) is 3. The average molecular weight is 439 g/mol. The summed E-state index contributed by atoms with van der Waals surface area (Å²) >= 11 is 0. The summed E-state index contributed by atoms with van der Waals surface area (Å²) in [6.07, 6.45) is -0.400. The first-order chi connectivity index (χ1) is 15.4. The Balaban J connectivity index is 1.54. The number of carbonyl (C=O) groups excluding carboxylic acids is 2. The number of nitrogens with zero attached hydrogens (tertiary/aromatic N) is 2. The predicted octanol–water partition coefficient (Wildman–Crippen LogP) is 3.50. The molecule has 1 atom stereocenters. The zero-order valence-electron chi connectivity index (χ0n) is 18.7. The Morgan fingerprint density at radius 1 is 1.03 bits per heavy atom. The van der Waals surface area contributed by atoms with Crippen molar-refractivity contribution < 1.29 is 23.8 Å². The summed E-state index contributed by atoms with van der Waals surface area (Å²) in [7, 11) is 0. The van der Waals surface area contributed by atoms with Crippen LogP contribution in [0.2, 0.25) is 0 Å². The Morgan fingerprint density at radius 2 is 1.78 bits per heavy atom. The monoisotopic (exact) mass is 438 g/mol. The third-order valence-electron chi connectivity index (χ3n) is 6.04. The molecule has 170 valence electrons. The van der Waals surface area contributed by atoms with Gasteiger partial charge in [-0.05, 0) is 22.8 Å². The second-order valence-electron chi connectivity index (χ2n) is 8.71. The van der Waals surface area contributed by atoms with Gasteiger partial charge in [0, 0.05) is 38.5 Å². The molecule has 2 aliphatic heterocycles. The smallest absolute Gasteiger partial charge is 0.414 e. The Hall–Kier alpha value is -2.90. The molecule has 2 aliphatic rings. The van der Waals surface area contributed by atoms with Crippen LogP contribution in [0.4, 0.5) is 10.5 Å². The van der Waals surface area contributed by atoms with E-state index in [9.17, 15) is 9.59 Å². The van der Waals surface area contributed by atoms with E-state index >= 15 is 0 Å². The second kappa shape index (κ2) is 9.71. The van der Waals surface area contributed by atoms with Crippen LogP contribution in [0.15, 0.2) is 48.5 Å². The van der Waals surface area contributed by atoms with E-state index in [0.717, 1.165) is 49.7 Å². The van der Waals surface area contributed by atoms with Gasteiger partial charge in [0.2, 0.25) is 0 Å². The molecule has 0 spiro atoms. The number of fused-ring (bicyclic) bond motifs is 1. The molecule has 7 heteroatoms. The van der Waals surface area contributed by atoms with Gasteiger partial charge in [0.25, 0.3) is 0 Å². The van der Waals surface area contributed by atoms with E-state index in [1.54, 1.807) is 4.90 Å². The minimum Gasteiger partial charge on any atom is -0.465 e. The molecule has 2 aromatic rings. The molecule has 4 rings (SSSR count). The Bertz CT molecular complexity index is 958. The fourth-order valence-electron chi connectivity index (χ4n) is 4.28. The number of hydrogen-bond donors (Lipinski definition) is 0. The molecule has 1 fully saturated rings. The zero-order valence-corrected chi connectivity index (χ0v) is 18.7. The molecule has 0 radical (unpaired) electrons. The lowest BCUT2D eigenvalue weighted by atomic mass is 9.84. The van der Waals surface area contributed by atoms with Gasteiger partial charge < -0.3 is 14.2 Å². The highest BCUT2D eigenvalue weighted by molar-refractivity contribution is 5.91. The Morgan fingerprint density at radius 3 is 2.50 bits per heavy atom. The van der Waals surface area contributed by atoms with Crippen LogP contribution in [0.1, 0.15) is 30.5 Å². The van der Waals surface area contributed by atoms with Crippen LogP contribution in [-0.2, 0) is 37.6 Å². The van der Waals surface area contributed by atoms with Crippen molar-refractivity contribution in [1.29, 1.82) is 0 Å². The molecule has 1 unspecified atom stereocenters. The third kappa shape index (κ3) is 5.11. The van der Waals surface area contributed by atoms with Crippen molar-refractivity contribution in [3.63, 3.8) is 0 Å². The first-order valence-electron chi connectivity index (χ1n) is 11.0. The fourth-order valence-corrected chi connectivity index (χ4v) is 4.28. The topological polar surface area (TPSA) is 68.3 Å². The number of benzene rings is 2. The molecule has 1 amide bonds. The molecule has 0 bridgehead atoms.